The number of nitrogens with one attached hydrogen (secondary N) is 1. The molecule has 2 aliphatic rings. The van der Waals surface area contributed by atoms with Gasteiger partial charge in [0, 0.05) is 6.54 Å². The first-order valence-corrected chi connectivity index (χ1v) is 14.7. The SMILES string of the molecule is Nc1nc2c(ncn2[C@@H]2O[C@@H]3COC(S)OCCn4c(nc5cncnc54)COP(=O)(S)O[C@@H]2C3(F)F)c(=O)[nH]1. The average molecular weight is 620 g/mol. The van der Waals surface area contributed by atoms with Crippen molar-refractivity contribution in [3.05, 3.63) is 35.0 Å². The summed E-state index contributed by atoms with van der Waals surface area (Å²) in [5.41, 5.74) is 4.19. The van der Waals surface area contributed by atoms with Crippen LogP contribution in [0.25, 0.3) is 22.3 Å². The number of fused-ring (bicyclic) bond motifs is 6. The molecular weight excluding hydrogens is 599 g/mol. The maximum Gasteiger partial charge on any atom is 0.387 e. The van der Waals surface area contributed by atoms with Gasteiger partial charge in [0.2, 0.25) is 11.6 Å². The fraction of sp³-hybridized carbons (Fsp3) is 0.474. The zero-order valence-corrected chi connectivity index (χ0v) is 22.7. The molecule has 2 unspecified atom stereocenters. The maximum absolute atomic E-state index is 15.8. The van der Waals surface area contributed by atoms with E-state index in [0.717, 1.165) is 10.9 Å². The van der Waals surface area contributed by atoms with Crippen molar-refractivity contribution < 1.29 is 36.6 Å². The lowest BCUT2D eigenvalue weighted by Gasteiger charge is -2.26. The van der Waals surface area contributed by atoms with Crippen LogP contribution in [0.5, 0.6) is 0 Å². The Hall–Kier alpha value is -2.71. The van der Waals surface area contributed by atoms with Crippen LogP contribution in [0, 0.1) is 0 Å². The summed E-state index contributed by atoms with van der Waals surface area (Å²) in [6.45, 7) is -5.47. The molecule has 4 aromatic heterocycles. The molecule has 16 nitrogen and oxygen atoms in total. The zero-order valence-electron chi connectivity index (χ0n) is 20.0. The third kappa shape index (κ3) is 4.98. The van der Waals surface area contributed by atoms with Gasteiger partial charge in [-0.1, -0.05) is 12.2 Å². The fourth-order valence-corrected chi connectivity index (χ4v) is 5.90. The Morgan fingerprint density at radius 2 is 2.05 bits per heavy atom. The van der Waals surface area contributed by atoms with Gasteiger partial charge in [0.25, 0.3) is 5.56 Å². The molecule has 0 radical (unpaired) electrons. The van der Waals surface area contributed by atoms with Gasteiger partial charge in [-0.3, -0.25) is 23.4 Å². The van der Waals surface area contributed by atoms with E-state index < -0.39 is 55.6 Å². The van der Waals surface area contributed by atoms with E-state index in [9.17, 15) is 9.36 Å². The van der Waals surface area contributed by atoms with Gasteiger partial charge < -0.3 is 24.5 Å². The van der Waals surface area contributed by atoms with Crippen LogP contribution in [0.15, 0.2) is 23.6 Å². The van der Waals surface area contributed by atoms with E-state index in [-0.39, 0.29) is 36.1 Å². The number of alkyl halides is 2. The molecule has 0 amide bonds. The molecule has 6 heterocycles. The molecule has 1 saturated heterocycles. The van der Waals surface area contributed by atoms with Crippen molar-refractivity contribution in [3.63, 3.8) is 0 Å². The first kappa shape index (κ1) is 27.5. The lowest BCUT2D eigenvalue weighted by Crippen LogP contribution is -2.42. The first-order chi connectivity index (χ1) is 19.0. The van der Waals surface area contributed by atoms with E-state index in [1.807, 2.05) is 0 Å². The Kier molecular flexibility index (Phi) is 7.06. The van der Waals surface area contributed by atoms with Crippen LogP contribution in [-0.4, -0.2) is 76.0 Å². The summed E-state index contributed by atoms with van der Waals surface area (Å²) in [6.07, 6.45) is -2.08. The van der Waals surface area contributed by atoms with Crippen LogP contribution in [0.4, 0.5) is 14.7 Å². The van der Waals surface area contributed by atoms with Crippen molar-refractivity contribution in [1.82, 2.24) is 39.0 Å². The lowest BCUT2D eigenvalue weighted by atomic mass is 10.1. The first-order valence-electron chi connectivity index (χ1n) is 11.5. The van der Waals surface area contributed by atoms with E-state index >= 15 is 8.78 Å². The number of nitrogens with zero attached hydrogens (tertiary/aromatic N) is 7. The highest BCUT2D eigenvalue weighted by Gasteiger charge is 2.62. The van der Waals surface area contributed by atoms with Crippen LogP contribution < -0.4 is 11.3 Å². The van der Waals surface area contributed by atoms with E-state index in [4.69, 9.17) is 29.0 Å². The van der Waals surface area contributed by atoms with Crippen LogP contribution in [0.2, 0.25) is 0 Å². The Morgan fingerprint density at radius 1 is 1.23 bits per heavy atom. The zero-order chi connectivity index (χ0) is 28.2. The molecule has 4 aromatic rings. The molecule has 0 saturated carbocycles. The summed E-state index contributed by atoms with van der Waals surface area (Å²) in [6, 6.07) is 0. The predicted molar refractivity (Wildman–Crippen MR) is 138 cm³/mol. The Labute approximate surface area is 232 Å². The molecule has 5 atom stereocenters. The van der Waals surface area contributed by atoms with Gasteiger partial charge in [0.05, 0.1) is 25.7 Å². The summed E-state index contributed by atoms with van der Waals surface area (Å²) in [5, 5.41) is 0. The van der Waals surface area contributed by atoms with Gasteiger partial charge in [-0.05, 0) is 0 Å². The van der Waals surface area contributed by atoms with Crippen LogP contribution in [0.1, 0.15) is 12.1 Å². The number of thiol groups is 2. The van der Waals surface area contributed by atoms with Crippen molar-refractivity contribution in [2.45, 2.75) is 43.1 Å². The second kappa shape index (κ2) is 10.3. The number of nitrogens with two attached hydrogens (primary N) is 1. The van der Waals surface area contributed by atoms with E-state index in [0.29, 0.717) is 11.2 Å². The molecule has 21 heteroatoms. The number of ether oxygens (including phenoxy) is 3. The summed E-state index contributed by atoms with van der Waals surface area (Å²) < 4.78 is 74.7. The van der Waals surface area contributed by atoms with Gasteiger partial charge in [-0.25, -0.2) is 33.3 Å². The number of rotatable bonds is 1. The van der Waals surface area contributed by atoms with E-state index in [1.165, 1.54) is 12.5 Å². The molecule has 6 rings (SSSR count). The Bertz CT molecular complexity index is 1690. The molecule has 0 aromatic carbocycles. The van der Waals surface area contributed by atoms with Gasteiger partial charge in [0.15, 0.2) is 29.1 Å². The topological polar surface area (TPSA) is 196 Å². The second-order valence-corrected chi connectivity index (χ2v) is 12.0. The Balaban J connectivity index is 1.39. The smallest absolute Gasteiger partial charge is 0.369 e. The maximum atomic E-state index is 15.8. The Morgan fingerprint density at radius 3 is 2.88 bits per heavy atom. The van der Waals surface area contributed by atoms with Crippen molar-refractivity contribution in [2.24, 2.45) is 0 Å². The number of H-pyrrole nitrogens is 1. The van der Waals surface area contributed by atoms with Gasteiger partial charge in [-0.15, -0.1) is 12.6 Å². The normalized spacial score (nSPS) is 29.7. The lowest BCUT2D eigenvalue weighted by molar-refractivity contribution is -0.159. The quantitative estimate of drug-likeness (QED) is 0.176. The van der Waals surface area contributed by atoms with E-state index in [1.54, 1.807) is 4.57 Å². The summed E-state index contributed by atoms with van der Waals surface area (Å²) in [7, 11) is 0. The van der Waals surface area contributed by atoms with Crippen molar-refractivity contribution in [3.8, 4) is 0 Å². The molecule has 214 valence electrons. The standard InChI is InChI=1S/C19H20F2N9O7PS2/c20-19(21)9-4-34-18(39)33-2-1-29-10(26-8-3-23-6-24-13(8)29)5-35-38(32,40)37-12(19)16(36-9)30-7-25-11-14(30)27-17(22)28-15(11)31/h3,6-7,9,12,16,18,39H,1-2,4-5H2,(H,32,40)(H3,22,27,28,31)/t9-,12+,16-,18?,38?/m1/s1. The van der Waals surface area contributed by atoms with Crippen LogP contribution in [0.3, 0.4) is 0 Å². The molecule has 0 aliphatic carbocycles. The number of hydrogen-bond donors (Lipinski definition) is 4. The fourth-order valence-electron chi connectivity index (χ4n) is 4.36. The number of imidazole rings is 2. The van der Waals surface area contributed by atoms with Crippen LogP contribution >= 0.6 is 31.7 Å². The summed E-state index contributed by atoms with van der Waals surface area (Å²) in [5.74, 6) is -3.89. The van der Waals surface area contributed by atoms with Gasteiger partial charge >= 0.3 is 12.7 Å². The van der Waals surface area contributed by atoms with Gasteiger partial charge in [0.1, 0.15) is 30.4 Å². The predicted octanol–water partition coefficient (Wildman–Crippen LogP) is 1.27. The molecule has 1 fully saturated rings. The van der Waals surface area contributed by atoms with Crippen molar-refractivity contribution in [2.75, 3.05) is 18.9 Å². The molecule has 2 aliphatic heterocycles. The number of aromatic amines is 1. The minimum atomic E-state index is -4.52. The minimum Gasteiger partial charge on any atom is -0.369 e. The number of hydrogen-bond acceptors (Lipinski definition) is 14. The second-order valence-electron chi connectivity index (χ2n) is 8.66. The molecule has 40 heavy (non-hydrogen) atoms. The number of aromatic nitrogens is 8. The van der Waals surface area contributed by atoms with E-state index in [2.05, 4.69) is 54.8 Å². The molecule has 3 N–H and O–H groups in total. The molecular formula is C19H20F2N9O7PS2. The third-order valence-corrected chi connectivity index (χ3v) is 8.03. The van der Waals surface area contributed by atoms with Crippen molar-refractivity contribution in [1.29, 1.82) is 0 Å². The molecule has 2 bridgehead atoms. The monoisotopic (exact) mass is 619 g/mol. The average Bonchev–Trinajstić information content (AvgIpc) is 3.54. The van der Waals surface area contributed by atoms with Crippen LogP contribution in [-0.2, 0) is 41.0 Å². The largest absolute Gasteiger partial charge is 0.387 e. The number of halogens is 2. The third-order valence-electron chi connectivity index (χ3n) is 6.15. The number of anilines is 1. The molecule has 0 spiro atoms. The highest BCUT2D eigenvalue weighted by atomic mass is 32.7. The highest BCUT2D eigenvalue weighted by molar-refractivity contribution is 8.44. The minimum absolute atomic E-state index is 0.0154. The summed E-state index contributed by atoms with van der Waals surface area (Å²) in [4.78, 5) is 34.9. The highest BCUT2D eigenvalue weighted by Crippen LogP contribution is 2.59. The van der Waals surface area contributed by atoms with Crippen molar-refractivity contribution >= 4 is 60.0 Å². The number of nitrogen functional groups attached to an aromatic ring is 1. The van der Waals surface area contributed by atoms with Gasteiger partial charge in [-0.2, -0.15) is 4.98 Å². The summed E-state index contributed by atoms with van der Waals surface area (Å²) >= 11 is 8.11.